The van der Waals surface area contributed by atoms with Crippen molar-refractivity contribution in [2.75, 3.05) is 5.32 Å². The summed E-state index contributed by atoms with van der Waals surface area (Å²) in [7, 11) is 0. The first-order valence-corrected chi connectivity index (χ1v) is 7.70. The lowest BCUT2D eigenvalue weighted by Gasteiger charge is -2.10. The second kappa shape index (κ2) is 7.49. The molecule has 0 heterocycles. The van der Waals surface area contributed by atoms with Crippen molar-refractivity contribution in [2.24, 2.45) is 0 Å². The van der Waals surface area contributed by atoms with E-state index in [9.17, 15) is 9.59 Å². The second-order valence-corrected chi connectivity index (χ2v) is 5.93. The third-order valence-corrected chi connectivity index (χ3v) is 3.62. The average Bonchev–Trinajstić information content (AvgIpc) is 2.49. The van der Waals surface area contributed by atoms with Gasteiger partial charge in [-0.15, -0.1) is 0 Å². The maximum absolute atomic E-state index is 12.2. The lowest BCUT2D eigenvalue weighted by atomic mass is 10.1. The molecule has 4 nitrogen and oxygen atoms in total. The number of halogens is 2. The lowest BCUT2D eigenvalue weighted by molar-refractivity contribution is 0.0378. The number of esters is 1. The first-order chi connectivity index (χ1) is 10.9. The molecule has 120 valence electrons. The van der Waals surface area contributed by atoms with E-state index in [1.54, 1.807) is 50.2 Å². The number of nitrogens with one attached hydrogen (secondary N) is 1. The molecule has 0 spiro atoms. The van der Waals surface area contributed by atoms with Crippen molar-refractivity contribution >= 4 is 40.8 Å². The van der Waals surface area contributed by atoms with Crippen molar-refractivity contribution < 1.29 is 14.3 Å². The summed E-state index contributed by atoms with van der Waals surface area (Å²) in [5, 5.41) is 3.38. The standard InChI is InChI=1S/C17H15Cl2NO3/c1-10(2)23-17(22)12-4-3-5-13(8-12)20-16(21)11-6-7-14(18)15(19)9-11/h3-10H,1-2H3,(H,20,21). The highest BCUT2D eigenvalue weighted by atomic mass is 35.5. The van der Waals surface area contributed by atoms with Crippen LogP contribution in [0.25, 0.3) is 0 Å². The number of hydrogen-bond donors (Lipinski definition) is 1. The first kappa shape index (κ1) is 17.3. The molecule has 0 atom stereocenters. The van der Waals surface area contributed by atoms with E-state index < -0.39 is 5.97 Å². The minimum absolute atomic E-state index is 0.211. The maximum Gasteiger partial charge on any atom is 0.338 e. The van der Waals surface area contributed by atoms with Gasteiger partial charge in [0.05, 0.1) is 21.7 Å². The number of anilines is 1. The van der Waals surface area contributed by atoms with Crippen molar-refractivity contribution in [1.82, 2.24) is 0 Å². The Morgan fingerprint density at radius 3 is 2.39 bits per heavy atom. The summed E-state index contributed by atoms with van der Waals surface area (Å²) < 4.78 is 5.13. The summed E-state index contributed by atoms with van der Waals surface area (Å²) >= 11 is 11.7. The Hall–Kier alpha value is -2.04. The van der Waals surface area contributed by atoms with E-state index in [-0.39, 0.29) is 12.0 Å². The lowest BCUT2D eigenvalue weighted by Crippen LogP contribution is -2.14. The molecular weight excluding hydrogens is 337 g/mol. The van der Waals surface area contributed by atoms with Gasteiger partial charge in [0.2, 0.25) is 0 Å². The van der Waals surface area contributed by atoms with Crippen LogP contribution < -0.4 is 5.32 Å². The van der Waals surface area contributed by atoms with E-state index in [0.717, 1.165) is 0 Å². The van der Waals surface area contributed by atoms with Gasteiger partial charge in [0, 0.05) is 11.3 Å². The maximum atomic E-state index is 12.2. The van der Waals surface area contributed by atoms with E-state index >= 15 is 0 Å². The number of carbonyl (C=O) groups excluding carboxylic acids is 2. The molecule has 0 saturated heterocycles. The summed E-state index contributed by atoms with van der Waals surface area (Å²) in [5.74, 6) is -0.788. The van der Waals surface area contributed by atoms with Gasteiger partial charge in [-0.2, -0.15) is 0 Å². The molecular formula is C17H15Cl2NO3. The SMILES string of the molecule is CC(C)OC(=O)c1cccc(NC(=O)c2ccc(Cl)c(Cl)c2)c1. The zero-order chi connectivity index (χ0) is 17.0. The fourth-order valence-corrected chi connectivity index (χ4v) is 2.14. The highest BCUT2D eigenvalue weighted by molar-refractivity contribution is 6.42. The summed E-state index contributed by atoms with van der Waals surface area (Å²) in [4.78, 5) is 24.1. The van der Waals surface area contributed by atoms with E-state index in [1.807, 2.05) is 0 Å². The van der Waals surface area contributed by atoms with E-state index in [4.69, 9.17) is 27.9 Å². The van der Waals surface area contributed by atoms with Gasteiger partial charge in [-0.1, -0.05) is 29.3 Å². The van der Waals surface area contributed by atoms with E-state index in [1.165, 1.54) is 6.07 Å². The molecule has 1 N–H and O–H groups in total. The number of rotatable bonds is 4. The molecule has 0 aliphatic carbocycles. The van der Waals surface area contributed by atoms with Gasteiger partial charge in [0.25, 0.3) is 5.91 Å². The quantitative estimate of drug-likeness (QED) is 0.804. The van der Waals surface area contributed by atoms with Gasteiger partial charge < -0.3 is 10.1 Å². The average molecular weight is 352 g/mol. The minimum Gasteiger partial charge on any atom is -0.459 e. The van der Waals surface area contributed by atoms with E-state index in [0.29, 0.717) is 26.9 Å². The number of benzene rings is 2. The molecule has 2 aromatic rings. The Balaban J connectivity index is 2.15. The van der Waals surface area contributed by atoms with Gasteiger partial charge in [-0.3, -0.25) is 4.79 Å². The zero-order valence-corrected chi connectivity index (χ0v) is 14.1. The zero-order valence-electron chi connectivity index (χ0n) is 12.6. The molecule has 0 aromatic heterocycles. The Morgan fingerprint density at radius 1 is 1.00 bits per heavy atom. The van der Waals surface area contributed by atoms with Crippen LogP contribution in [0.4, 0.5) is 5.69 Å². The molecule has 6 heteroatoms. The minimum atomic E-state index is -0.439. The van der Waals surface area contributed by atoms with Crippen molar-refractivity contribution in [3.63, 3.8) is 0 Å². The van der Waals surface area contributed by atoms with Gasteiger partial charge in [-0.05, 0) is 50.2 Å². The van der Waals surface area contributed by atoms with Crippen LogP contribution in [0.3, 0.4) is 0 Å². The largest absolute Gasteiger partial charge is 0.459 e. The summed E-state index contributed by atoms with van der Waals surface area (Å²) in [5.41, 5.74) is 1.22. The molecule has 2 rings (SSSR count). The third-order valence-electron chi connectivity index (χ3n) is 2.88. The van der Waals surface area contributed by atoms with Crippen molar-refractivity contribution in [1.29, 1.82) is 0 Å². The normalized spacial score (nSPS) is 10.5. The van der Waals surface area contributed by atoms with Crippen LogP contribution >= 0.6 is 23.2 Å². The highest BCUT2D eigenvalue weighted by Crippen LogP contribution is 2.23. The fourth-order valence-electron chi connectivity index (χ4n) is 1.85. The van der Waals surface area contributed by atoms with Crippen LogP contribution in [-0.4, -0.2) is 18.0 Å². The number of carbonyl (C=O) groups is 2. The van der Waals surface area contributed by atoms with Crippen LogP contribution in [0, 0.1) is 0 Å². The van der Waals surface area contributed by atoms with Crippen molar-refractivity contribution in [3.05, 3.63) is 63.6 Å². The molecule has 0 unspecified atom stereocenters. The van der Waals surface area contributed by atoms with Gasteiger partial charge in [0.15, 0.2) is 0 Å². The van der Waals surface area contributed by atoms with Gasteiger partial charge >= 0.3 is 5.97 Å². The first-order valence-electron chi connectivity index (χ1n) is 6.94. The Bertz CT molecular complexity index is 744. The Morgan fingerprint density at radius 2 is 1.74 bits per heavy atom. The summed E-state index contributed by atoms with van der Waals surface area (Å²) in [6, 6.07) is 11.1. The predicted octanol–water partition coefficient (Wildman–Crippen LogP) is 4.81. The van der Waals surface area contributed by atoms with Crippen LogP contribution in [0.15, 0.2) is 42.5 Å². The Kier molecular flexibility index (Phi) is 5.64. The smallest absolute Gasteiger partial charge is 0.338 e. The molecule has 1 amide bonds. The molecule has 2 aromatic carbocycles. The molecule has 0 aliphatic rings. The molecule has 0 fully saturated rings. The van der Waals surface area contributed by atoms with Crippen molar-refractivity contribution in [2.45, 2.75) is 20.0 Å². The summed E-state index contributed by atoms with van der Waals surface area (Å²) in [6.07, 6.45) is -0.211. The van der Waals surface area contributed by atoms with E-state index in [2.05, 4.69) is 5.32 Å². The molecule has 23 heavy (non-hydrogen) atoms. The van der Waals surface area contributed by atoms with Crippen LogP contribution in [0.5, 0.6) is 0 Å². The van der Waals surface area contributed by atoms with Crippen molar-refractivity contribution in [3.8, 4) is 0 Å². The van der Waals surface area contributed by atoms with Gasteiger partial charge in [-0.25, -0.2) is 4.79 Å². The van der Waals surface area contributed by atoms with Crippen LogP contribution in [-0.2, 0) is 4.74 Å². The van der Waals surface area contributed by atoms with Crippen LogP contribution in [0.2, 0.25) is 10.0 Å². The molecule has 0 saturated carbocycles. The number of amides is 1. The molecule has 0 aliphatic heterocycles. The molecule has 0 radical (unpaired) electrons. The third kappa shape index (κ3) is 4.71. The predicted molar refractivity (Wildman–Crippen MR) is 91.4 cm³/mol. The number of hydrogen-bond acceptors (Lipinski definition) is 3. The summed E-state index contributed by atoms with van der Waals surface area (Å²) in [6.45, 7) is 3.54. The second-order valence-electron chi connectivity index (χ2n) is 5.12. The number of ether oxygens (including phenoxy) is 1. The monoisotopic (exact) mass is 351 g/mol. The van der Waals surface area contributed by atoms with Crippen LogP contribution in [0.1, 0.15) is 34.6 Å². The van der Waals surface area contributed by atoms with Gasteiger partial charge in [0.1, 0.15) is 0 Å². The molecule has 0 bridgehead atoms. The highest BCUT2D eigenvalue weighted by Gasteiger charge is 2.12. The Labute approximate surface area is 144 Å². The topological polar surface area (TPSA) is 55.4 Å². The fraction of sp³-hybridized carbons (Fsp3) is 0.176.